The van der Waals surface area contributed by atoms with E-state index in [0.717, 1.165) is 49.7 Å². The minimum absolute atomic E-state index is 0.473. The number of para-hydroxylation sites is 2. The Morgan fingerprint density at radius 2 is 1.00 bits per heavy atom. The molecule has 3 heteroatoms. The van der Waals surface area contributed by atoms with Crippen molar-refractivity contribution in [1.29, 1.82) is 0 Å². The second kappa shape index (κ2) is 11.1. The van der Waals surface area contributed by atoms with Gasteiger partial charge in [0.05, 0.1) is 0 Å². The Morgan fingerprint density at radius 1 is 0.550 bits per heavy atom. The zero-order chi connectivity index (χ0) is 27.3. The summed E-state index contributed by atoms with van der Waals surface area (Å²) in [6.45, 7) is 3.56. The summed E-state index contributed by atoms with van der Waals surface area (Å²) in [7, 11) is 0. The first-order valence-electron chi connectivity index (χ1n) is 13.2. The first-order valence-corrected chi connectivity index (χ1v) is 13.2. The van der Waals surface area contributed by atoms with Crippen LogP contribution in [0.1, 0.15) is 11.1 Å². The van der Waals surface area contributed by atoms with Gasteiger partial charge in [0.1, 0.15) is 5.75 Å². The Balaban J connectivity index is 1.40. The maximum absolute atomic E-state index is 12.2. The zero-order valence-corrected chi connectivity index (χ0v) is 21.9. The molecule has 0 fully saturated rings. The maximum atomic E-state index is 12.2. The summed E-state index contributed by atoms with van der Waals surface area (Å²) < 4.78 is 5.73. The lowest BCUT2D eigenvalue weighted by Crippen LogP contribution is -2.09. The third-order valence-corrected chi connectivity index (χ3v) is 6.92. The molecule has 6 aromatic carbocycles. The topological polar surface area (TPSA) is 29.5 Å². The fraction of sp³-hybridized carbons (Fsp3) is 0. The molecule has 0 atom stereocenters. The third kappa shape index (κ3) is 4.89. The van der Waals surface area contributed by atoms with E-state index in [0.29, 0.717) is 5.75 Å². The number of rotatable bonds is 7. The van der Waals surface area contributed by atoms with Crippen molar-refractivity contribution < 1.29 is 9.53 Å². The van der Waals surface area contributed by atoms with Crippen molar-refractivity contribution >= 4 is 56.7 Å². The minimum Gasteiger partial charge on any atom is -0.422 e. The largest absolute Gasteiger partial charge is 0.422 e. The third-order valence-electron chi connectivity index (χ3n) is 6.92. The normalized spacial score (nSPS) is 11.1. The lowest BCUT2D eigenvalue weighted by molar-refractivity contribution is -0.128. The summed E-state index contributed by atoms with van der Waals surface area (Å²) in [6.07, 6.45) is 5.46. The second-order valence-corrected chi connectivity index (χ2v) is 9.39. The summed E-state index contributed by atoms with van der Waals surface area (Å²) in [5, 5.41) is 3.79. The summed E-state index contributed by atoms with van der Waals surface area (Å²) in [6, 6.07) is 45.3. The molecule has 192 valence electrons. The van der Waals surface area contributed by atoms with Crippen LogP contribution in [0, 0.1) is 0 Å². The summed E-state index contributed by atoms with van der Waals surface area (Å²) in [5.74, 6) is 0.0817. The quantitative estimate of drug-likeness (QED) is 0.0694. The average Bonchev–Trinajstić information content (AvgIpc) is 3.02. The van der Waals surface area contributed by atoms with Gasteiger partial charge in [-0.3, -0.25) is 0 Å². The highest BCUT2D eigenvalue weighted by atomic mass is 16.5. The molecule has 3 nitrogen and oxygen atoms in total. The van der Waals surface area contributed by atoms with Crippen LogP contribution in [0.5, 0.6) is 5.75 Å². The van der Waals surface area contributed by atoms with Crippen molar-refractivity contribution in [2.75, 3.05) is 4.90 Å². The first kappa shape index (κ1) is 24.9. The molecule has 0 heterocycles. The van der Waals surface area contributed by atoms with Crippen molar-refractivity contribution in [2.45, 2.75) is 0 Å². The van der Waals surface area contributed by atoms with Crippen LogP contribution in [0.2, 0.25) is 0 Å². The van der Waals surface area contributed by atoms with Gasteiger partial charge in [0.2, 0.25) is 0 Å². The van der Waals surface area contributed by atoms with Gasteiger partial charge in [-0.15, -0.1) is 0 Å². The van der Waals surface area contributed by atoms with E-state index in [1.807, 2.05) is 48.5 Å². The number of nitrogens with zero attached hydrogens (tertiary/aromatic N) is 1. The molecule has 0 bridgehead atoms. The van der Waals surface area contributed by atoms with Crippen LogP contribution in [0.15, 0.2) is 146 Å². The number of carbonyl (C=O) groups excluding carboxylic acids is 1. The number of hydrogen-bond donors (Lipinski definition) is 0. The fourth-order valence-corrected chi connectivity index (χ4v) is 5.07. The van der Waals surface area contributed by atoms with Gasteiger partial charge >= 0.3 is 5.97 Å². The lowest BCUT2D eigenvalue weighted by atomic mass is 9.95. The zero-order valence-electron chi connectivity index (χ0n) is 21.9. The smallest absolute Gasteiger partial charge is 0.335 e. The molecule has 6 aromatic rings. The molecule has 0 amide bonds. The molecular formula is C37H27NO2. The van der Waals surface area contributed by atoms with Crippen LogP contribution in [0.4, 0.5) is 17.1 Å². The number of benzene rings is 6. The molecule has 0 aromatic heterocycles. The highest BCUT2D eigenvalue weighted by molar-refractivity contribution is 6.13. The van der Waals surface area contributed by atoms with E-state index >= 15 is 0 Å². The van der Waals surface area contributed by atoms with Crippen LogP contribution in [0.3, 0.4) is 0 Å². The predicted molar refractivity (Wildman–Crippen MR) is 167 cm³/mol. The van der Waals surface area contributed by atoms with Crippen LogP contribution < -0.4 is 9.64 Å². The highest BCUT2D eigenvalue weighted by Crippen LogP contribution is 2.39. The Morgan fingerprint density at radius 3 is 1.50 bits per heavy atom. The van der Waals surface area contributed by atoms with Gasteiger partial charge in [-0.2, -0.15) is 0 Å². The lowest BCUT2D eigenvalue weighted by Gasteiger charge is -2.25. The summed E-state index contributed by atoms with van der Waals surface area (Å²) >= 11 is 0. The van der Waals surface area contributed by atoms with E-state index in [4.69, 9.17) is 4.74 Å². The highest BCUT2D eigenvalue weighted by Gasteiger charge is 2.15. The van der Waals surface area contributed by atoms with Gasteiger partial charge in [-0.25, -0.2) is 4.79 Å². The molecule has 0 radical (unpaired) electrons. The van der Waals surface area contributed by atoms with Gasteiger partial charge < -0.3 is 9.64 Å². The molecule has 0 aliphatic rings. The predicted octanol–water partition coefficient (Wildman–Crippen LogP) is 9.72. The Kier molecular flexibility index (Phi) is 6.93. The Bertz CT molecular complexity index is 1740. The minimum atomic E-state index is -0.473. The number of hydrogen-bond acceptors (Lipinski definition) is 3. The van der Waals surface area contributed by atoms with Crippen molar-refractivity contribution in [2.24, 2.45) is 0 Å². The monoisotopic (exact) mass is 517 g/mol. The summed E-state index contributed by atoms with van der Waals surface area (Å²) in [4.78, 5) is 14.4. The maximum Gasteiger partial charge on any atom is 0.335 e. The number of carbonyl (C=O) groups is 1. The molecule has 0 saturated carbocycles. The molecule has 0 aliphatic heterocycles. The number of fused-ring (bicyclic) bond motifs is 2. The van der Waals surface area contributed by atoms with Crippen molar-refractivity contribution in [3.05, 3.63) is 157 Å². The number of esters is 1. The summed E-state index contributed by atoms with van der Waals surface area (Å²) in [5.41, 5.74) is 5.45. The van der Waals surface area contributed by atoms with Gasteiger partial charge in [0.25, 0.3) is 0 Å². The van der Waals surface area contributed by atoms with E-state index in [1.54, 1.807) is 0 Å². The van der Waals surface area contributed by atoms with Crippen LogP contribution >= 0.6 is 0 Å². The molecule has 0 saturated heterocycles. The molecule has 0 unspecified atom stereocenters. The standard InChI is InChI=1S/C37H27NO2/c1-2-36(39)40-37-34-19-11-9-17-31(34)33(32-18-10-12-20-35(32)37)26-23-27-21-24-30(25-22-27)38(28-13-5-3-6-14-28)29-15-7-4-8-16-29/h2-26H,1H2. The van der Waals surface area contributed by atoms with Gasteiger partial charge in [0.15, 0.2) is 0 Å². The van der Waals surface area contributed by atoms with Crippen LogP contribution in [-0.2, 0) is 4.79 Å². The molecule has 40 heavy (non-hydrogen) atoms. The van der Waals surface area contributed by atoms with E-state index < -0.39 is 5.97 Å². The van der Waals surface area contributed by atoms with Crippen molar-refractivity contribution in [3.8, 4) is 5.75 Å². The van der Waals surface area contributed by atoms with Gasteiger partial charge in [0, 0.05) is 33.9 Å². The Hall–Kier alpha value is -5.41. The molecule has 0 aliphatic carbocycles. The second-order valence-electron chi connectivity index (χ2n) is 9.39. The fourth-order valence-electron chi connectivity index (χ4n) is 5.07. The molecule has 0 N–H and O–H groups in total. The van der Waals surface area contributed by atoms with Gasteiger partial charge in [-0.05, 0) is 58.3 Å². The molecular weight excluding hydrogens is 490 g/mol. The number of ether oxygens (including phenoxy) is 1. The van der Waals surface area contributed by atoms with E-state index in [1.165, 1.54) is 6.08 Å². The number of anilines is 3. The van der Waals surface area contributed by atoms with Crippen molar-refractivity contribution in [3.63, 3.8) is 0 Å². The average molecular weight is 518 g/mol. The van der Waals surface area contributed by atoms with E-state index in [2.05, 4.69) is 109 Å². The van der Waals surface area contributed by atoms with Crippen LogP contribution in [-0.4, -0.2) is 5.97 Å². The molecule has 0 spiro atoms. The van der Waals surface area contributed by atoms with E-state index in [-0.39, 0.29) is 0 Å². The molecule has 6 rings (SSSR count). The Labute approximate surface area is 233 Å². The van der Waals surface area contributed by atoms with Gasteiger partial charge in [-0.1, -0.05) is 116 Å². The first-order chi connectivity index (χ1) is 19.7. The van der Waals surface area contributed by atoms with E-state index in [9.17, 15) is 4.79 Å². The van der Waals surface area contributed by atoms with Crippen molar-refractivity contribution in [1.82, 2.24) is 0 Å². The SMILES string of the molecule is C=CC(=O)Oc1c2ccccc2c(C=Cc2ccc(N(c3ccccc3)c3ccccc3)cc2)c2ccccc12. The van der Waals surface area contributed by atoms with Crippen LogP contribution in [0.25, 0.3) is 33.7 Å².